The van der Waals surface area contributed by atoms with Crippen LogP contribution in [0.25, 0.3) is 0 Å². The van der Waals surface area contributed by atoms with Crippen molar-refractivity contribution in [1.29, 1.82) is 5.26 Å². The number of methoxy groups -OCH3 is 1. The van der Waals surface area contributed by atoms with Gasteiger partial charge in [-0.3, -0.25) is 4.79 Å². The molecule has 0 radical (unpaired) electrons. The summed E-state index contributed by atoms with van der Waals surface area (Å²) in [5.74, 6) is 0.735. The fourth-order valence-corrected chi connectivity index (χ4v) is 4.87. The largest absolute Gasteiger partial charge is 0.465 e. The third-order valence-electron chi connectivity index (χ3n) is 4.94. The van der Waals surface area contributed by atoms with E-state index in [1.807, 2.05) is 0 Å². The van der Waals surface area contributed by atoms with Crippen LogP contribution in [-0.4, -0.2) is 19.0 Å². The zero-order valence-electron chi connectivity index (χ0n) is 12.6. The fraction of sp³-hybridized carbons (Fsp3) is 0.562. The van der Waals surface area contributed by atoms with Gasteiger partial charge in [-0.15, -0.1) is 11.3 Å². The zero-order chi connectivity index (χ0) is 15.9. The Balaban J connectivity index is 1.81. The molecular formula is C16H18N2O3S. The van der Waals surface area contributed by atoms with Gasteiger partial charge in [0.25, 0.3) is 0 Å². The van der Waals surface area contributed by atoms with Gasteiger partial charge in [-0.2, -0.15) is 5.26 Å². The van der Waals surface area contributed by atoms with Gasteiger partial charge in [0.2, 0.25) is 5.91 Å². The van der Waals surface area contributed by atoms with Crippen LogP contribution in [0.2, 0.25) is 0 Å². The van der Waals surface area contributed by atoms with E-state index in [1.165, 1.54) is 13.5 Å². The first-order valence-electron chi connectivity index (χ1n) is 7.47. The van der Waals surface area contributed by atoms with Crippen molar-refractivity contribution in [3.05, 3.63) is 16.0 Å². The lowest BCUT2D eigenvalue weighted by Crippen LogP contribution is -2.27. The number of nitriles is 1. The van der Waals surface area contributed by atoms with Crippen molar-refractivity contribution in [2.75, 3.05) is 12.4 Å². The fourth-order valence-electron chi connectivity index (χ4n) is 3.79. The Morgan fingerprint density at radius 3 is 2.68 bits per heavy atom. The SMILES string of the molecule is COC(=O)c1sc(NC(=O)[C@@H]2C[C@H]3CC[C@@H]2C3)c(C#N)c1C. The molecule has 3 rings (SSSR count). The van der Waals surface area contributed by atoms with Crippen LogP contribution in [0.3, 0.4) is 0 Å². The van der Waals surface area contributed by atoms with Crippen LogP contribution < -0.4 is 5.32 Å². The van der Waals surface area contributed by atoms with Gasteiger partial charge in [0.05, 0.1) is 12.7 Å². The molecular weight excluding hydrogens is 300 g/mol. The molecule has 116 valence electrons. The first kappa shape index (κ1) is 15.0. The number of rotatable bonds is 3. The molecule has 0 saturated heterocycles. The third kappa shape index (κ3) is 2.40. The molecule has 1 aromatic heterocycles. The highest BCUT2D eigenvalue weighted by molar-refractivity contribution is 7.18. The molecule has 0 aromatic carbocycles. The standard InChI is InChI=1S/C16H18N2O3S/c1-8-12(7-17)15(22-13(8)16(20)21-2)18-14(19)11-6-9-3-4-10(11)5-9/h9-11H,3-6H2,1-2H3,(H,18,19)/t9-,10+,11+/m0/s1. The molecule has 2 bridgehead atoms. The topological polar surface area (TPSA) is 79.2 Å². The monoisotopic (exact) mass is 318 g/mol. The lowest BCUT2D eigenvalue weighted by atomic mass is 9.88. The van der Waals surface area contributed by atoms with Crippen molar-refractivity contribution in [2.24, 2.45) is 17.8 Å². The molecule has 6 heteroatoms. The average Bonchev–Trinajstić information content (AvgIpc) is 3.21. The predicted molar refractivity (Wildman–Crippen MR) is 82.7 cm³/mol. The molecule has 2 aliphatic carbocycles. The lowest BCUT2D eigenvalue weighted by Gasteiger charge is -2.20. The van der Waals surface area contributed by atoms with Gasteiger partial charge in [0.1, 0.15) is 15.9 Å². The van der Waals surface area contributed by atoms with Gasteiger partial charge >= 0.3 is 5.97 Å². The Hall–Kier alpha value is -1.87. The van der Waals surface area contributed by atoms with Crippen molar-refractivity contribution in [1.82, 2.24) is 0 Å². The smallest absolute Gasteiger partial charge is 0.348 e. The van der Waals surface area contributed by atoms with Crippen LogP contribution in [0.15, 0.2) is 0 Å². The number of nitrogens with one attached hydrogen (secondary N) is 1. The van der Waals surface area contributed by atoms with E-state index < -0.39 is 5.97 Å². The van der Waals surface area contributed by atoms with E-state index in [9.17, 15) is 14.9 Å². The summed E-state index contributed by atoms with van der Waals surface area (Å²) >= 11 is 1.12. The summed E-state index contributed by atoms with van der Waals surface area (Å²) in [4.78, 5) is 24.6. The summed E-state index contributed by atoms with van der Waals surface area (Å²) in [6, 6.07) is 2.08. The minimum atomic E-state index is -0.473. The van der Waals surface area contributed by atoms with Crippen molar-refractivity contribution in [3.8, 4) is 6.07 Å². The Labute approximate surface area is 133 Å². The van der Waals surface area contributed by atoms with Crippen molar-refractivity contribution >= 4 is 28.2 Å². The number of fused-ring (bicyclic) bond motifs is 2. The molecule has 2 aliphatic rings. The highest BCUT2D eigenvalue weighted by Gasteiger charge is 2.43. The van der Waals surface area contributed by atoms with Crippen LogP contribution in [0.1, 0.15) is 46.5 Å². The molecule has 0 aliphatic heterocycles. The van der Waals surface area contributed by atoms with Crippen LogP contribution in [0.5, 0.6) is 0 Å². The lowest BCUT2D eigenvalue weighted by molar-refractivity contribution is -0.121. The summed E-state index contributed by atoms with van der Waals surface area (Å²) in [6.45, 7) is 1.70. The molecule has 2 fully saturated rings. The van der Waals surface area contributed by atoms with Gasteiger partial charge in [0, 0.05) is 5.92 Å². The van der Waals surface area contributed by atoms with Gasteiger partial charge in [-0.05, 0) is 43.6 Å². The van der Waals surface area contributed by atoms with Gasteiger partial charge in [0.15, 0.2) is 0 Å². The maximum absolute atomic E-state index is 12.5. The summed E-state index contributed by atoms with van der Waals surface area (Å²) in [5.41, 5.74) is 0.935. The molecule has 3 atom stereocenters. The molecule has 1 heterocycles. The Kier molecular flexibility index (Phi) is 3.92. The number of anilines is 1. The molecule has 0 unspecified atom stereocenters. The first-order valence-corrected chi connectivity index (χ1v) is 8.29. The van der Waals surface area contributed by atoms with E-state index in [0.29, 0.717) is 32.8 Å². The minimum Gasteiger partial charge on any atom is -0.465 e. The van der Waals surface area contributed by atoms with E-state index in [4.69, 9.17) is 4.74 Å². The normalized spacial score (nSPS) is 25.8. The van der Waals surface area contributed by atoms with E-state index in [0.717, 1.165) is 30.6 Å². The van der Waals surface area contributed by atoms with E-state index in [-0.39, 0.29) is 11.8 Å². The first-order chi connectivity index (χ1) is 10.5. The number of carbonyl (C=O) groups is 2. The van der Waals surface area contributed by atoms with Crippen LogP contribution in [0, 0.1) is 36.0 Å². The molecule has 2 saturated carbocycles. The molecule has 5 nitrogen and oxygen atoms in total. The van der Waals surface area contributed by atoms with Gasteiger partial charge in [-0.1, -0.05) is 6.42 Å². The predicted octanol–water partition coefficient (Wildman–Crippen LogP) is 3.09. The van der Waals surface area contributed by atoms with Crippen molar-refractivity contribution < 1.29 is 14.3 Å². The van der Waals surface area contributed by atoms with Gasteiger partial charge < -0.3 is 10.1 Å². The highest BCUT2D eigenvalue weighted by Crippen LogP contribution is 2.48. The number of hydrogen-bond acceptors (Lipinski definition) is 5. The van der Waals surface area contributed by atoms with Crippen LogP contribution in [0.4, 0.5) is 5.00 Å². The van der Waals surface area contributed by atoms with Crippen molar-refractivity contribution in [2.45, 2.75) is 32.6 Å². The summed E-state index contributed by atoms with van der Waals surface area (Å²) in [7, 11) is 1.31. The number of nitrogens with zero attached hydrogens (tertiary/aromatic N) is 1. The molecule has 1 N–H and O–H groups in total. The number of esters is 1. The summed E-state index contributed by atoms with van der Waals surface area (Å²) in [6.07, 6.45) is 4.47. The van der Waals surface area contributed by atoms with Gasteiger partial charge in [-0.25, -0.2) is 4.79 Å². The molecule has 22 heavy (non-hydrogen) atoms. The van der Waals surface area contributed by atoms with Crippen LogP contribution >= 0.6 is 11.3 Å². The third-order valence-corrected chi connectivity index (χ3v) is 6.13. The maximum atomic E-state index is 12.5. The summed E-state index contributed by atoms with van der Waals surface area (Å²) < 4.78 is 4.72. The van der Waals surface area contributed by atoms with Crippen molar-refractivity contribution in [3.63, 3.8) is 0 Å². The number of thiophene rings is 1. The molecule has 0 spiro atoms. The number of hydrogen-bond donors (Lipinski definition) is 1. The molecule has 1 aromatic rings. The second kappa shape index (κ2) is 5.73. The van der Waals surface area contributed by atoms with E-state index in [1.54, 1.807) is 6.92 Å². The van der Waals surface area contributed by atoms with E-state index in [2.05, 4.69) is 11.4 Å². The second-order valence-corrected chi connectivity index (χ2v) is 7.15. The quantitative estimate of drug-likeness (QED) is 0.869. The Bertz CT molecular complexity index is 674. The summed E-state index contributed by atoms with van der Waals surface area (Å²) in [5, 5.41) is 12.6. The minimum absolute atomic E-state index is 0.0126. The number of ether oxygens (including phenoxy) is 1. The number of amides is 1. The van der Waals surface area contributed by atoms with E-state index >= 15 is 0 Å². The second-order valence-electron chi connectivity index (χ2n) is 6.13. The van der Waals surface area contributed by atoms with Crippen LogP contribution in [-0.2, 0) is 9.53 Å². The number of carbonyl (C=O) groups excluding carboxylic acids is 2. The average molecular weight is 318 g/mol. The Morgan fingerprint density at radius 2 is 2.14 bits per heavy atom. The maximum Gasteiger partial charge on any atom is 0.348 e. The molecule has 1 amide bonds. The highest BCUT2D eigenvalue weighted by atomic mass is 32.1. The Morgan fingerprint density at radius 1 is 1.36 bits per heavy atom. The zero-order valence-corrected chi connectivity index (χ0v) is 13.5.